The molecule has 0 fully saturated rings. The second-order valence-corrected chi connectivity index (χ2v) is 16.8. The highest BCUT2D eigenvalue weighted by Gasteiger charge is 2.08. The molecule has 0 heterocycles. The second-order valence-electron chi connectivity index (χ2n) is 14.3. The first-order valence-corrected chi connectivity index (χ1v) is 23.0. The molecule has 1 nitrogen and oxygen atoms in total. The molecule has 46 heavy (non-hydrogen) atoms. The van der Waals surface area contributed by atoms with Crippen molar-refractivity contribution in [2.24, 2.45) is 0 Å². The molecule has 1 aromatic carbocycles. The molecule has 270 valence electrons. The van der Waals surface area contributed by atoms with Gasteiger partial charge >= 0.3 is 0 Å². The number of hydrogen-bond donors (Lipinski definition) is 1. The Hall–Kier alpha value is -0.280. The number of benzene rings is 1. The van der Waals surface area contributed by atoms with Gasteiger partial charge in [0.05, 0.1) is 0 Å². The van der Waals surface area contributed by atoms with E-state index in [-0.39, 0.29) is 0 Å². The van der Waals surface area contributed by atoms with E-state index in [0.717, 1.165) is 12.0 Å². The van der Waals surface area contributed by atoms with E-state index in [1.807, 2.05) is 0 Å². The first-order chi connectivity index (χ1) is 22.7. The summed E-state index contributed by atoms with van der Waals surface area (Å²) in [5.41, 5.74) is 3.70. The van der Waals surface area contributed by atoms with Gasteiger partial charge in [-0.1, -0.05) is 167 Å². The normalized spacial score (nSPS) is 11.5. The molecular formula is C43H80OS2. The monoisotopic (exact) mass is 677 g/mol. The Morgan fingerprint density at radius 3 is 1.13 bits per heavy atom. The van der Waals surface area contributed by atoms with Gasteiger partial charge in [-0.05, 0) is 98.0 Å². The van der Waals surface area contributed by atoms with Crippen molar-refractivity contribution in [1.29, 1.82) is 0 Å². The molecule has 3 heteroatoms. The van der Waals surface area contributed by atoms with Crippen LogP contribution in [0.1, 0.15) is 210 Å². The largest absolute Gasteiger partial charge is 0.507 e. The van der Waals surface area contributed by atoms with Crippen LogP contribution in [0.3, 0.4) is 0 Å². The number of rotatable bonds is 36. The van der Waals surface area contributed by atoms with E-state index >= 15 is 0 Å². The van der Waals surface area contributed by atoms with Gasteiger partial charge in [-0.25, -0.2) is 0 Å². The van der Waals surface area contributed by atoms with Crippen LogP contribution in [0.15, 0.2) is 12.1 Å². The SMILES string of the molecule is CCCCCCCCSCCCCCCCCCCc1cc(C)c(O)c(CCCCCCCCCCSCCCCCCCC)c1. The zero-order valence-electron chi connectivity index (χ0n) is 31.5. The van der Waals surface area contributed by atoms with Crippen LogP contribution in [-0.2, 0) is 12.8 Å². The highest BCUT2D eigenvalue weighted by molar-refractivity contribution is 7.99. The second kappa shape index (κ2) is 34.6. The Labute approximate surface area is 298 Å². The van der Waals surface area contributed by atoms with Crippen LogP contribution in [0.25, 0.3) is 0 Å². The minimum absolute atomic E-state index is 0.555. The van der Waals surface area contributed by atoms with Crippen molar-refractivity contribution in [2.75, 3.05) is 23.0 Å². The third-order valence-corrected chi connectivity index (χ3v) is 12.0. The van der Waals surface area contributed by atoms with E-state index in [1.54, 1.807) is 0 Å². The maximum atomic E-state index is 10.7. The number of hydrogen-bond acceptors (Lipinski definition) is 3. The molecule has 0 atom stereocenters. The van der Waals surface area contributed by atoms with Gasteiger partial charge < -0.3 is 5.11 Å². The first kappa shape index (κ1) is 43.7. The van der Waals surface area contributed by atoms with Crippen molar-refractivity contribution in [3.8, 4) is 5.75 Å². The summed E-state index contributed by atoms with van der Waals surface area (Å²) in [4.78, 5) is 0. The average molecular weight is 677 g/mol. The van der Waals surface area contributed by atoms with E-state index in [4.69, 9.17) is 0 Å². The van der Waals surface area contributed by atoms with E-state index in [2.05, 4.69) is 56.4 Å². The van der Waals surface area contributed by atoms with Crippen LogP contribution >= 0.6 is 23.5 Å². The topological polar surface area (TPSA) is 20.2 Å². The molecule has 0 spiro atoms. The van der Waals surface area contributed by atoms with Crippen molar-refractivity contribution in [1.82, 2.24) is 0 Å². The lowest BCUT2D eigenvalue weighted by molar-refractivity contribution is 0.461. The smallest absolute Gasteiger partial charge is 0.121 e. The molecule has 0 unspecified atom stereocenters. The van der Waals surface area contributed by atoms with Crippen LogP contribution in [0.4, 0.5) is 0 Å². The lowest BCUT2D eigenvalue weighted by Gasteiger charge is -2.11. The maximum Gasteiger partial charge on any atom is 0.121 e. The average Bonchev–Trinajstić information content (AvgIpc) is 3.06. The Bertz CT molecular complexity index is 763. The van der Waals surface area contributed by atoms with Crippen molar-refractivity contribution >= 4 is 23.5 Å². The van der Waals surface area contributed by atoms with E-state index in [0.29, 0.717) is 5.75 Å². The van der Waals surface area contributed by atoms with Crippen LogP contribution in [0.5, 0.6) is 5.75 Å². The standard InChI is InChI=1S/C43H80OS2/c1-4-6-8-10-22-28-34-45-36-30-24-18-14-12-16-20-26-32-41-38-40(3)43(44)42(39-41)33-27-21-17-13-15-19-25-31-37-46-35-29-23-11-9-7-5-2/h38-39,44H,4-37H2,1-3H3. The van der Waals surface area contributed by atoms with Crippen molar-refractivity contribution in [3.63, 3.8) is 0 Å². The quantitative estimate of drug-likeness (QED) is 0.0714. The molecule has 0 saturated carbocycles. The third-order valence-electron chi connectivity index (χ3n) is 9.71. The first-order valence-electron chi connectivity index (χ1n) is 20.7. The minimum Gasteiger partial charge on any atom is -0.507 e. The molecule has 1 aromatic rings. The van der Waals surface area contributed by atoms with Gasteiger partial charge in [0.25, 0.3) is 0 Å². The van der Waals surface area contributed by atoms with Crippen LogP contribution in [-0.4, -0.2) is 28.1 Å². The highest BCUT2D eigenvalue weighted by Crippen LogP contribution is 2.27. The lowest BCUT2D eigenvalue weighted by atomic mass is 9.96. The third kappa shape index (κ3) is 27.6. The summed E-state index contributed by atoms with van der Waals surface area (Å²) >= 11 is 4.37. The molecule has 0 saturated heterocycles. The van der Waals surface area contributed by atoms with Gasteiger partial charge in [0.2, 0.25) is 0 Å². The maximum absolute atomic E-state index is 10.7. The zero-order chi connectivity index (χ0) is 33.2. The Morgan fingerprint density at radius 2 is 0.739 bits per heavy atom. The number of aromatic hydroxyl groups is 1. The molecule has 0 aliphatic heterocycles. The summed E-state index contributed by atoms with van der Waals surface area (Å²) < 4.78 is 0. The van der Waals surface area contributed by atoms with E-state index < -0.39 is 0 Å². The summed E-state index contributed by atoms with van der Waals surface area (Å²) in [6.07, 6.45) is 41.3. The van der Waals surface area contributed by atoms with Crippen molar-refractivity contribution < 1.29 is 5.11 Å². The van der Waals surface area contributed by atoms with Crippen LogP contribution < -0.4 is 0 Å². The Balaban J connectivity index is 1.95. The number of unbranched alkanes of at least 4 members (excludes halogenated alkanes) is 24. The predicted molar refractivity (Wildman–Crippen MR) is 216 cm³/mol. The summed E-state index contributed by atoms with van der Waals surface area (Å²) in [6, 6.07) is 4.55. The summed E-state index contributed by atoms with van der Waals surface area (Å²) in [5.74, 6) is 6.06. The molecule has 0 aromatic heterocycles. The summed E-state index contributed by atoms with van der Waals surface area (Å²) in [7, 11) is 0. The Morgan fingerprint density at radius 1 is 0.413 bits per heavy atom. The minimum atomic E-state index is 0.555. The number of thioether (sulfide) groups is 2. The highest BCUT2D eigenvalue weighted by atomic mass is 32.2. The zero-order valence-corrected chi connectivity index (χ0v) is 33.1. The lowest BCUT2D eigenvalue weighted by Crippen LogP contribution is -1.95. The van der Waals surface area contributed by atoms with Gasteiger partial charge in [0, 0.05) is 0 Å². The van der Waals surface area contributed by atoms with Crippen LogP contribution in [0.2, 0.25) is 0 Å². The van der Waals surface area contributed by atoms with Gasteiger partial charge in [0.1, 0.15) is 5.75 Å². The van der Waals surface area contributed by atoms with Gasteiger partial charge in [-0.3, -0.25) is 0 Å². The molecule has 0 aliphatic rings. The molecular weight excluding hydrogens is 597 g/mol. The molecule has 1 N–H and O–H groups in total. The van der Waals surface area contributed by atoms with Crippen molar-refractivity contribution in [2.45, 2.75) is 213 Å². The van der Waals surface area contributed by atoms with Gasteiger partial charge in [0.15, 0.2) is 0 Å². The fourth-order valence-electron chi connectivity index (χ4n) is 6.62. The number of phenols is 1. The molecule has 1 rings (SSSR count). The Kier molecular flexibility index (Phi) is 32.9. The van der Waals surface area contributed by atoms with Crippen LogP contribution in [0, 0.1) is 6.92 Å². The van der Waals surface area contributed by atoms with Crippen molar-refractivity contribution in [3.05, 3.63) is 28.8 Å². The molecule has 0 aliphatic carbocycles. The molecule has 0 radical (unpaired) electrons. The van der Waals surface area contributed by atoms with Gasteiger partial charge in [-0.2, -0.15) is 23.5 Å². The molecule has 0 bridgehead atoms. The predicted octanol–water partition coefficient (Wildman–Crippen LogP) is 15.2. The number of aryl methyl sites for hydroxylation is 3. The number of phenolic OH excluding ortho intramolecular Hbond substituents is 1. The van der Waals surface area contributed by atoms with E-state index in [9.17, 15) is 5.11 Å². The fourth-order valence-corrected chi connectivity index (χ4v) is 8.66. The van der Waals surface area contributed by atoms with E-state index in [1.165, 1.54) is 220 Å². The van der Waals surface area contributed by atoms with Gasteiger partial charge in [-0.15, -0.1) is 0 Å². The molecule has 0 amide bonds. The summed E-state index contributed by atoms with van der Waals surface area (Å²) in [6.45, 7) is 6.68. The fraction of sp³-hybridized carbons (Fsp3) is 0.860. The summed E-state index contributed by atoms with van der Waals surface area (Å²) in [5, 5.41) is 10.7.